The van der Waals surface area contributed by atoms with Crippen LogP contribution in [0.4, 0.5) is 18.0 Å². The summed E-state index contributed by atoms with van der Waals surface area (Å²) in [4.78, 5) is 28.4. The van der Waals surface area contributed by atoms with Gasteiger partial charge < -0.3 is 14.7 Å². The van der Waals surface area contributed by atoms with Crippen molar-refractivity contribution in [1.82, 2.24) is 19.5 Å². The fraction of sp³-hybridized carbons (Fsp3) is 0.393. The van der Waals surface area contributed by atoms with Gasteiger partial charge in [-0.25, -0.2) is 22.6 Å². The molecule has 0 radical (unpaired) electrons. The second kappa shape index (κ2) is 14.1. The normalized spacial score (nSPS) is 13.1. The summed E-state index contributed by atoms with van der Waals surface area (Å²) in [6, 6.07) is 12.3. The number of aromatic nitrogens is 2. The van der Waals surface area contributed by atoms with Gasteiger partial charge in [-0.3, -0.25) is 9.63 Å². The summed E-state index contributed by atoms with van der Waals surface area (Å²) in [6.45, 7) is 7.40. The first-order valence-electron chi connectivity index (χ1n) is 13.6. The van der Waals surface area contributed by atoms with Gasteiger partial charge in [0.15, 0.2) is 5.69 Å². The Morgan fingerprint density at radius 3 is 2.28 bits per heavy atom. The van der Waals surface area contributed by atoms with Crippen LogP contribution < -0.4 is 4.72 Å². The molecule has 0 aliphatic rings. The number of esters is 1. The fourth-order valence-corrected chi connectivity index (χ4v) is 4.38. The maximum absolute atomic E-state index is 13.5. The number of nitrogens with one attached hydrogen (secondary N) is 1. The molecule has 0 bridgehead atoms. The molecule has 1 heterocycles. The molecule has 0 aliphatic carbocycles. The van der Waals surface area contributed by atoms with Gasteiger partial charge in [0.2, 0.25) is 5.28 Å². The molecule has 3 rings (SSSR count). The first-order valence-corrected chi connectivity index (χ1v) is 15.1. The minimum atomic E-state index is -4.72. The van der Waals surface area contributed by atoms with Crippen LogP contribution in [-0.4, -0.2) is 66.7 Å². The standard InChI is InChI=1S/C28H33F3N6O8S/c1-18-7-9-20(10-8-18)23-17-24(28(29,30)31)32-36(23)21-11-13-22(14-12-21)46(41,42)33-26(39)43-16-15-35(6)37(40)34-45-19(2)44-25(38)27(3,4)5/h7-14,17,19H,15-16H2,1-6H3,(H,33,39). The fourth-order valence-electron chi connectivity index (χ4n) is 3.49. The number of carbonyl (C=O) groups is 2. The Morgan fingerprint density at radius 1 is 1.11 bits per heavy atom. The molecule has 1 amide bonds. The molecule has 1 unspecified atom stereocenters. The van der Waals surface area contributed by atoms with E-state index in [9.17, 15) is 36.4 Å². The molecule has 0 spiro atoms. The maximum atomic E-state index is 13.5. The Hall–Kier alpha value is -4.87. The molecule has 250 valence electrons. The quantitative estimate of drug-likeness (QED) is 0.0968. The van der Waals surface area contributed by atoms with Crippen molar-refractivity contribution in [3.05, 3.63) is 71.1 Å². The number of hydrogen-bond acceptors (Lipinski definition) is 10. The molecule has 0 aliphatic heterocycles. The molecular weight excluding hydrogens is 637 g/mol. The SMILES string of the molecule is Cc1ccc(-c2cc(C(F)(F)F)nn2-c2ccc(S(=O)(=O)NC(=O)OCCN(C)[N+]([O-])=NOC(C)OC(=O)C(C)(C)C)cc2)cc1. The van der Waals surface area contributed by atoms with Crippen LogP contribution >= 0.6 is 0 Å². The van der Waals surface area contributed by atoms with Crippen molar-refractivity contribution in [2.24, 2.45) is 10.7 Å². The molecule has 18 heteroatoms. The number of nitrogens with zero attached hydrogens (tertiary/aromatic N) is 5. The Labute approximate surface area is 262 Å². The number of aryl methyl sites for hydroxylation is 1. The predicted molar refractivity (Wildman–Crippen MR) is 155 cm³/mol. The van der Waals surface area contributed by atoms with Gasteiger partial charge in [-0.05, 0) is 58.0 Å². The highest BCUT2D eigenvalue weighted by molar-refractivity contribution is 7.90. The van der Waals surface area contributed by atoms with Gasteiger partial charge in [-0.15, -0.1) is 5.01 Å². The van der Waals surface area contributed by atoms with Gasteiger partial charge >= 0.3 is 18.2 Å². The highest BCUT2D eigenvalue weighted by atomic mass is 32.2. The van der Waals surface area contributed by atoms with E-state index in [0.29, 0.717) is 5.56 Å². The molecule has 46 heavy (non-hydrogen) atoms. The highest BCUT2D eigenvalue weighted by Crippen LogP contribution is 2.33. The zero-order valence-electron chi connectivity index (χ0n) is 25.7. The van der Waals surface area contributed by atoms with E-state index in [1.807, 2.05) is 6.92 Å². The third-order valence-corrected chi connectivity index (χ3v) is 7.38. The van der Waals surface area contributed by atoms with Crippen molar-refractivity contribution >= 4 is 22.1 Å². The summed E-state index contributed by atoms with van der Waals surface area (Å²) >= 11 is 0. The summed E-state index contributed by atoms with van der Waals surface area (Å²) in [5.41, 5.74) is -0.307. The van der Waals surface area contributed by atoms with Gasteiger partial charge in [0.25, 0.3) is 16.3 Å². The number of amides is 1. The molecule has 1 aromatic heterocycles. The molecular formula is C28H33F3N6O8S. The maximum Gasteiger partial charge on any atom is 0.435 e. The zero-order valence-corrected chi connectivity index (χ0v) is 26.5. The lowest BCUT2D eigenvalue weighted by molar-refractivity contribution is -0.707. The third kappa shape index (κ3) is 9.56. The number of likely N-dealkylation sites (N-methyl/N-ethyl adjacent to an activating group) is 1. The third-order valence-electron chi connectivity index (χ3n) is 6.05. The van der Waals surface area contributed by atoms with Gasteiger partial charge in [0, 0.05) is 12.5 Å². The van der Waals surface area contributed by atoms with Crippen molar-refractivity contribution in [3.63, 3.8) is 0 Å². The largest absolute Gasteiger partial charge is 0.569 e. The number of alkyl halides is 3. The van der Waals surface area contributed by atoms with Crippen LogP contribution in [0.3, 0.4) is 0 Å². The van der Waals surface area contributed by atoms with Crippen molar-refractivity contribution in [3.8, 4) is 16.9 Å². The van der Waals surface area contributed by atoms with E-state index in [2.05, 4.69) is 10.4 Å². The van der Waals surface area contributed by atoms with Crippen LogP contribution in [-0.2, 0) is 35.3 Å². The molecule has 3 aromatic rings. The molecule has 0 fully saturated rings. The summed E-state index contributed by atoms with van der Waals surface area (Å²) in [7, 11) is -3.18. The lowest BCUT2D eigenvalue weighted by Gasteiger charge is -2.19. The minimum Gasteiger partial charge on any atom is -0.569 e. The van der Waals surface area contributed by atoms with Gasteiger partial charge in [-0.1, -0.05) is 29.8 Å². The molecule has 14 nitrogen and oxygen atoms in total. The topological polar surface area (TPSA) is 167 Å². The first-order chi connectivity index (χ1) is 21.3. The van der Waals surface area contributed by atoms with Gasteiger partial charge in [0.05, 0.1) is 33.7 Å². The monoisotopic (exact) mass is 670 g/mol. The Balaban J connectivity index is 1.60. The van der Waals surface area contributed by atoms with E-state index in [0.717, 1.165) is 33.5 Å². The predicted octanol–water partition coefficient (Wildman–Crippen LogP) is 4.96. The summed E-state index contributed by atoms with van der Waals surface area (Å²) < 4.78 is 78.4. The molecule has 2 aromatic carbocycles. The van der Waals surface area contributed by atoms with Crippen LogP contribution in [0, 0.1) is 17.5 Å². The van der Waals surface area contributed by atoms with Crippen LogP contribution in [0.5, 0.6) is 0 Å². The lowest BCUT2D eigenvalue weighted by Crippen LogP contribution is -2.35. The first kappa shape index (κ1) is 35.6. The number of benzene rings is 2. The smallest absolute Gasteiger partial charge is 0.435 e. The van der Waals surface area contributed by atoms with E-state index < -0.39 is 52.3 Å². The number of carbonyl (C=O) groups excluding carboxylic acids is 2. The molecule has 1 N–H and O–H groups in total. The van der Waals surface area contributed by atoms with E-state index in [1.165, 1.54) is 26.1 Å². The summed E-state index contributed by atoms with van der Waals surface area (Å²) in [6.07, 6.45) is -7.23. The zero-order chi connectivity index (χ0) is 34.4. The van der Waals surface area contributed by atoms with Crippen LogP contribution in [0.15, 0.2) is 64.8 Å². The number of sulfonamides is 1. The average molecular weight is 671 g/mol. The number of rotatable bonds is 11. The second-order valence-electron chi connectivity index (χ2n) is 11.0. The molecule has 0 saturated carbocycles. The van der Waals surface area contributed by atoms with E-state index >= 15 is 0 Å². The Morgan fingerprint density at radius 2 is 1.72 bits per heavy atom. The van der Waals surface area contributed by atoms with Crippen LogP contribution in [0.25, 0.3) is 16.9 Å². The van der Waals surface area contributed by atoms with Crippen molar-refractivity contribution in [2.75, 3.05) is 20.2 Å². The Bertz CT molecular complexity index is 1670. The molecule has 1 atom stereocenters. The number of hydrazine groups is 1. The molecule has 0 saturated heterocycles. The van der Waals surface area contributed by atoms with Crippen molar-refractivity contribution < 1.29 is 50.5 Å². The van der Waals surface area contributed by atoms with Crippen molar-refractivity contribution in [2.45, 2.75) is 52.0 Å². The summed E-state index contributed by atoms with van der Waals surface area (Å²) in [5.74, 6) is -0.573. The van der Waals surface area contributed by atoms with E-state index in [-0.39, 0.29) is 27.8 Å². The average Bonchev–Trinajstić information content (AvgIpc) is 3.42. The second-order valence-corrected chi connectivity index (χ2v) is 12.7. The van der Waals surface area contributed by atoms with Gasteiger partial charge in [-0.2, -0.15) is 18.3 Å². The highest BCUT2D eigenvalue weighted by Gasteiger charge is 2.35. The van der Waals surface area contributed by atoms with Crippen LogP contribution in [0.1, 0.15) is 39.0 Å². The van der Waals surface area contributed by atoms with Gasteiger partial charge in [0.1, 0.15) is 13.2 Å². The Kier molecular flexibility index (Phi) is 10.9. The van der Waals surface area contributed by atoms with Crippen molar-refractivity contribution in [1.29, 1.82) is 0 Å². The number of ether oxygens (including phenoxy) is 2. The van der Waals surface area contributed by atoms with E-state index in [1.54, 1.807) is 49.8 Å². The number of hydrogen-bond donors (Lipinski definition) is 1. The lowest BCUT2D eigenvalue weighted by atomic mass is 9.97. The summed E-state index contributed by atoms with van der Waals surface area (Å²) in [5, 5.41) is 19.8. The van der Waals surface area contributed by atoms with E-state index in [4.69, 9.17) is 14.3 Å². The number of halogens is 3. The van der Waals surface area contributed by atoms with Crippen LogP contribution in [0.2, 0.25) is 0 Å². The minimum absolute atomic E-state index is 0.00248.